The summed E-state index contributed by atoms with van der Waals surface area (Å²) in [5.74, 6) is -1.54. The molecule has 1 N–H and O–H groups in total. The third-order valence-electron chi connectivity index (χ3n) is 4.03. The smallest absolute Gasteiger partial charge is 0.338 e. The molecule has 6 heteroatoms. The quantitative estimate of drug-likeness (QED) is 0.733. The van der Waals surface area contributed by atoms with Gasteiger partial charge in [-0.1, -0.05) is 26.0 Å². The average Bonchev–Trinajstić information content (AvgIpc) is 2.66. The zero-order valence-electron chi connectivity index (χ0n) is 15.0. The minimum absolute atomic E-state index is 0.0348. The number of anilines is 1. The maximum absolute atomic E-state index is 13.6. The molecular weight excluding hydrogens is 335 g/mol. The molecule has 2 rings (SSSR count). The van der Waals surface area contributed by atoms with Gasteiger partial charge in [-0.2, -0.15) is 0 Å². The number of likely N-dealkylation sites (N-methyl/N-ethyl adjacent to an activating group) is 1. The van der Waals surface area contributed by atoms with Gasteiger partial charge in [0.2, 0.25) is 0 Å². The van der Waals surface area contributed by atoms with Crippen LogP contribution in [0, 0.1) is 5.82 Å². The monoisotopic (exact) mass is 358 g/mol. The first-order valence-corrected chi connectivity index (χ1v) is 8.60. The van der Waals surface area contributed by atoms with E-state index >= 15 is 0 Å². The fraction of sp³-hybridized carbons (Fsp3) is 0.300. The van der Waals surface area contributed by atoms with Crippen molar-refractivity contribution in [3.63, 3.8) is 0 Å². The largest absolute Gasteiger partial charge is 0.461 e. The van der Waals surface area contributed by atoms with E-state index in [-0.39, 0.29) is 5.56 Å². The molecule has 0 aliphatic rings. The molecule has 26 heavy (non-hydrogen) atoms. The van der Waals surface area contributed by atoms with E-state index in [1.54, 1.807) is 30.3 Å². The molecule has 0 aliphatic heterocycles. The van der Waals surface area contributed by atoms with Crippen LogP contribution in [0.2, 0.25) is 0 Å². The summed E-state index contributed by atoms with van der Waals surface area (Å²) in [6.45, 7) is 6.94. The molecule has 0 saturated carbocycles. The Morgan fingerprint density at radius 3 is 2.31 bits per heavy atom. The van der Waals surface area contributed by atoms with Crippen molar-refractivity contribution in [1.82, 2.24) is 4.90 Å². The molecule has 0 fully saturated rings. The molecule has 0 aliphatic carbocycles. The Kier molecular flexibility index (Phi) is 7.29. The number of rotatable bonds is 8. The zero-order chi connectivity index (χ0) is 18.9. The Morgan fingerprint density at radius 2 is 1.69 bits per heavy atom. The van der Waals surface area contributed by atoms with Crippen LogP contribution in [0.1, 0.15) is 34.6 Å². The Bertz CT molecular complexity index is 743. The van der Waals surface area contributed by atoms with Gasteiger partial charge in [0.1, 0.15) is 12.4 Å². The van der Waals surface area contributed by atoms with Crippen molar-refractivity contribution in [2.75, 3.05) is 31.6 Å². The molecule has 2 aromatic carbocycles. The number of nitrogens with zero attached hydrogens (tertiary/aromatic N) is 1. The fourth-order valence-electron chi connectivity index (χ4n) is 2.42. The summed E-state index contributed by atoms with van der Waals surface area (Å²) in [7, 11) is 0. The summed E-state index contributed by atoms with van der Waals surface area (Å²) in [5, 5.41) is 2.60. The second kappa shape index (κ2) is 9.68. The number of hydrogen-bond acceptors (Lipinski definition) is 4. The Balaban J connectivity index is 1.90. The summed E-state index contributed by atoms with van der Waals surface area (Å²) >= 11 is 0. The van der Waals surface area contributed by atoms with Gasteiger partial charge in [0.25, 0.3) is 5.91 Å². The third kappa shape index (κ3) is 5.39. The first-order chi connectivity index (χ1) is 12.5. The van der Waals surface area contributed by atoms with E-state index in [0.29, 0.717) is 24.4 Å². The number of nitrogens with one attached hydrogen (secondary N) is 1. The molecular formula is C20H23FN2O3. The molecule has 0 unspecified atom stereocenters. The summed E-state index contributed by atoms with van der Waals surface area (Å²) in [5.41, 5.74) is 0.832. The van der Waals surface area contributed by atoms with Crippen LogP contribution in [0.25, 0.3) is 0 Å². The van der Waals surface area contributed by atoms with Crippen molar-refractivity contribution < 1.29 is 18.7 Å². The van der Waals surface area contributed by atoms with Gasteiger partial charge in [0.15, 0.2) is 0 Å². The highest BCUT2D eigenvalue weighted by Gasteiger charge is 2.12. The molecule has 0 bridgehead atoms. The van der Waals surface area contributed by atoms with Crippen LogP contribution >= 0.6 is 0 Å². The van der Waals surface area contributed by atoms with E-state index < -0.39 is 17.7 Å². The molecule has 2 aromatic rings. The van der Waals surface area contributed by atoms with E-state index in [4.69, 9.17) is 4.74 Å². The molecule has 0 saturated heterocycles. The van der Waals surface area contributed by atoms with Crippen LogP contribution in [0.3, 0.4) is 0 Å². The Labute approximate surface area is 152 Å². The predicted molar refractivity (Wildman–Crippen MR) is 98.9 cm³/mol. The van der Waals surface area contributed by atoms with E-state index in [1.807, 2.05) is 0 Å². The molecule has 138 valence electrons. The van der Waals surface area contributed by atoms with Gasteiger partial charge in [-0.15, -0.1) is 0 Å². The van der Waals surface area contributed by atoms with Crippen LogP contribution in [0.5, 0.6) is 0 Å². The highest BCUT2D eigenvalue weighted by atomic mass is 19.1. The van der Waals surface area contributed by atoms with E-state index in [1.165, 1.54) is 18.2 Å². The Hall–Kier alpha value is -2.73. The van der Waals surface area contributed by atoms with Crippen LogP contribution in [-0.2, 0) is 4.74 Å². The summed E-state index contributed by atoms with van der Waals surface area (Å²) < 4.78 is 18.9. The van der Waals surface area contributed by atoms with E-state index in [9.17, 15) is 14.0 Å². The standard InChI is InChI=1S/C20H23FN2O3/c1-3-23(4-2)13-14-26-20(25)15-9-11-16(12-10-15)22-19(24)17-7-5-6-8-18(17)21/h5-12H,3-4,13-14H2,1-2H3,(H,22,24). The van der Waals surface area contributed by atoms with Crippen LogP contribution in [0.4, 0.5) is 10.1 Å². The number of carbonyl (C=O) groups excluding carboxylic acids is 2. The molecule has 0 radical (unpaired) electrons. The minimum atomic E-state index is -0.585. The first-order valence-electron chi connectivity index (χ1n) is 8.60. The summed E-state index contributed by atoms with van der Waals surface area (Å²) in [6, 6.07) is 12.0. The van der Waals surface area contributed by atoms with E-state index in [2.05, 4.69) is 24.1 Å². The van der Waals surface area contributed by atoms with Crippen molar-refractivity contribution in [2.45, 2.75) is 13.8 Å². The Morgan fingerprint density at radius 1 is 1.04 bits per heavy atom. The molecule has 5 nitrogen and oxygen atoms in total. The molecule has 0 aromatic heterocycles. The second-order valence-corrected chi connectivity index (χ2v) is 5.67. The number of ether oxygens (including phenoxy) is 1. The number of hydrogen-bond donors (Lipinski definition) is 1. The number of halogens is 1. The lowest BCUT2D eigenvalue weighted by molar-refractivity contribution is 0.0466. The highest BCUT2D eigenvalue weighted by molar-refractivity contribution is 6.04. The van der Waals surface area contributed by atoms with Gasteiger partial charge >= 0.3 is 5.97 Å². The van der Waals surface area contributed by atoms with Gasteiger partial charge < -0.3 is 15.0 Å². The van der Waals surface area contributed by atoms with Gasteiger partial charge in [0, 0.05) is 12.2 Å². The van der Waals surface area contributed by atoms with Crippen LogP contribution in [-0.4, -0.2) is 43.0 Å². The van der Waals surface area contributed by atoms with Gasteiger partial charge in [0.05, 0.1) is 11.1 Å². The van der Waals surface area contributed by atoms with Crippen molar-refractivity contribution >= 4 is 17.6 Å². The van der Waals surface area contributed by atoms with Gasteiger partial charge in [-0.3, -0.25) is 4.79 Å². The first kappa shape index (κ1) is 19.6. The fourth-order valence-corrected chi connectivity index (χ4v) is 2.42. The van der Waals surface area contributed by atoms with Crippen molar-refractivity contribution in [3.05, 3.63) is 65.5 Å². The second-order valence-electron chi connectivity index (χ2n) is 5.67. The van der Waals surface area contributed by atoms with E-state index in [0.717, 1.165) is 13.1 Å². The number of benzene rings is 2. The average molecular weight is 358 g/mol. The summed E-state index contributed by atoms with van der Waals surface area (Å²) in [4.78, 5) is 26.3. The van der Waals surface area contributed by atoms with Crippen molar-refractivity contribution in [3.8, 4) is 0 Å². The van der Waals surface area contributed by atoms with Crippen molar-refractivity contribution in [1.29, 1.82) is 0 Å². The third-order valence-corrected chi connectivity index (χ3v) is 4.03. The van der Waals surface area contributed by atoms with Gasteiger partial charge in [-0.25, -0.2) is 9.18 Å². The normalized spacial score (nSPS) is 10.6. The van der Waals surface area contributed by atoms with Crippen LogP contribution < -0.4 is 5.32 Å². The molecule has 0 atom stereocenters. The molecule has 0 spiro atoms. The zero-order valence-corrected chi connectivity index (χ0v) is 15.0. The summed E-state index contributed by atoms with van der Waals surface area (Å²) in [6.07, 6.45) is 0. The number of amides is 1. The predicted octanol–water partition coefficient (Wildman–Crippen LogP) is 3.58. The molecule has 0 heterocycles. The van der Waals surface area contributed by atoms with Crippen LogP contribution in [0.15, 0.2) is 48.5 Å². The lowest BCUT2D eigenvalue weighted by Crippen LogP contribution is -2.27. The lowest BCUT2D eigenvalue weighted by atomic mass is 10.1. The molecule has 1 amide bonds. The lowest BCUT2D eigenvalue weighted by Gasteiger charge is -2.17. The topological polar surface area (TPSA) is 58.6 Å². The number of esters is 1. The maximum Gasteiger partial charge on any atom is 0.338 e. The minimum Gasteiger partial charge on any atom is -0.461 e. The maximum atomic E-state index is 13.6. The van der Waals surface area contributed by atoms with Gasteiger partial charge in [-0.05, 0) is 49.5 Å². The van der Waals surface area contributed by atoms with Crippen molar-refractivity contribution in [2.24, 2.45) is 0 Å². The number of carbonyl (C=O) groups is 2. The SMILES string of the molecule is CCN(CC)CCOC(=O)c1ccc(NC(=O)c2ccccc2F)cc1. The highest BCUT2D eigenvalue weighted by Crippen LogP contribution is 2.14.